The minimum absolute atomic E-state index is 0.234. The van der Waals surface area contributed by atoms with E-state index in [9.17, 15) is 4.79 Å². The van der Waals surface area contributed by atoms with Gasteiger partial charge in [-0.3, -0.25) is 4.68 Å². The summed E-state index contributed by atoms with van der Waals surface area (Å²) in [6.07, 6.45) is 3.25. The van der Waals surface area contributed by atoms with Gasteiger partial charge in [-0.1, -0.05) is 0 Å². The maximum absolute atomic E-state index is 12.2. The number of piperidine rings is 1. The van der Waals surface area contributed by atoms with Crippen LogP contribution in [0.15, 0.2) is 6.20 Å². The zero-order chi connectivity index (χ0) is 16.8. The van der Waals surface area contributed by atoms with Gasteiger partial charge in [0, 0.05) is 13.1 Å². The van der Waals surface area contributed by atoms with E-state index in [1.165, 1.54) is 11.3 Å². The number of hydrogen-bond acceptors (Lipinski definition) is 4. The normalized spacial score (nSPS) is 23.7. The Bertz CT molecular complexity index is 595. The molecular formula is C17H27N3O3. The highest BCUT2D eigenvalue weighted by molar-refractivity contribution is 5.68. The van der Waals surface area contributed by atoms with Crippen molar-refractivity contribution in [3.8, 4) is 0 Å². The minimum Gasteiger partial charge on any atom is -0.444 e. The van der Waals surface area contributed by atoms with Gasteiger partial charge in [0.05, 0.1) is 24.5 Å². The predicted octanol–water partition coefficient (Wildman–Crippen LogP) is 3.01. The van der Waals surface area contributed by atoms with Gasteiger partial charge in [-0.25, -0.2) is 4.79 Å². The molecule has 1 amide bonds. The summed E-state index contributed by atoms with van der Waals surface area (Å²) in [6.45, 7) is 11.8. The van der Waals surface area contributed by atoms with Crippen molar-refractivity contribution in [2.75, 3.05) is 19.7 Å². The molecule has 6 heteroatoms. The second kappa shape index (κ2) is 5.51. The topological polar surface area (TPSA) is 56.6 Å². The van der Waals surface area contributed by atoms with Crippen LogP contribution < -0.4 is 0 Å². The van der Waals surface area contributed by atoms with E-state index in [1.807, 2.05) is 27.0 Å². The smallest absolute Gasteiger partial charge is 0.410 e. The molecule has 0 aromatic carbocycles. The summed E-state index contributed by atoms with van der Waals surface area (Å²) in [5.74, 6) is 0. The van der Waals surface area contributed by atoms with E-state index in [1.54, 1.807) is 4.90 Å². The van der Waals surface area contributed by atoms with Crippen LogP contribution in [0.2, 0.25) is 0 Å². The first-order valence-electron chi connectivity index (χ1n) is 8.38. The van der Waals surface area contributed by atoms with Crippen LogP contribution in [0.4, 0.5) is 4.79 Å². The van der Waals surface area contributed by atoms with Gasteiger partial charge in [-0.05, 0) is 53.0 Å². The number of carbonyl (C=O) groups excluding carboxylic acids is 1. The van der Waals surface area contributed by atoms with Gasteiger partial charge in [0.2, 0.25) is 0 Å². The molecule has 1 fully saturated rings. The number of fused-ring (bicyclic) bond motifs is 2. The third kappa shape index (κ3) is 2.96. The molecule has 0 unspecified atom stereocenters. The number of aryl methyl sites for hydroxylation is 1. The van der Waals surface area contributed by atoms with E-state index in [-0.39, 0.29) is 17.7 Å². The second-order valence-electron chi connectivity index (χ2n) is 7.74. The minimum atomic E-state index is -0.460. The molecule has 1 spiro atoms. The van der Waals surface area contributed by atoms with Crippen molar-refractivity contribution in [1.29, 1.82) is 0 Å². The molecule has 0 saturated carbocycles. The quantitative estimate of drug-likeness (QED) is 0.737. The lowest BCUT2D eigenvalue weighted by Gasteiger charge is -2.45. The van der Waals surface area contributed by atoms with Gasteiger partial charge in [-0.2, -0.15) is 5.10 Å². The highest BCUT2D eigenvalue weighted by Gasteiger charge is 2.45. The van der Waals surface area contributed by atoms with Crippen molar-refractivity contribution in [2.24, 2.45) is 0 Å². The number of hydrogen-bond donors (Lipinski definition) is 0. The summed E-state index contributed by atoms with van der Waals surface area (Å²) in [5.41, 5.74) is 1.58. The van der Waals surface area contributed by atoms with E-state index >= 15 is 0 Å². The molecule has 0 radical (unpaired) electrons. The molecule has 0 bridgehead atoms. The Balaban J connectivity index is 1.75. The van der Waals surface area contributed by atoms with Crippen LogP contribution in [-0.4, -0.2) is 46.1 Å². The largest absolute Gasteiger partial charge is 0.444 e. The fourth-order valence-electron chi connectivity index (χ4n) is 3.53. The number of aromatic nitrogens is 2. The van der Waals surface area contributed by atoms with Crippen LogP contribution in [-0.2, 0) is 15.1 Å². The molecule has 2 aliphatic heterocycles. The lowest BCUT2D eigenvalue weighted by molar-refractivity contribution is -0.123. The first-order chi connectivity index (χ1) is 10.7. The van der Waals surface area contributed by atoms with Crippen molar-refractivity contribution in [3.63, 3.8) is 0 Å². The molecule has 1 aromatic heterocycles. The summed E-state index contributed by atoms with van der Waals surface area (Å²) in [6, 6.07) is 0.258. The summed E-state index contributed by atoms with van der Waals surface area (Å²) in [4.78, 5) is 14.0. The maximum Gasteiger partial charge on any atom is 0.410 e. The Kier molecular flexibility index (Phi) is 3.91. The Morgan fingerprint density at radius 1 is 1.39 bits per heavy atom. The van der Waals surface area contributed by atoms with Gasteiger partial charge in [-0.15, -0.1) is 0 Å². The van der Waals surface area contributed by atoms with Crippen LogP contribution in [0.25, 0.3) is 0 Å². The fourth-order valence-corrected chi connectivity index (χ4v) is 3.53. The van der Waals surface area contributed by atoms with Crippen molar-refractivity contribution in [3.05, 3.63) is 17.5 Å². The third-order valence-corrected chi connectivity index (χ3v) is 4.65. The summed E-state index contributed by atoms with van der Waals surface area (Å²) < 4.78 is 13.8. The van der Waals surface area contributed by atoms with Crippen LogP contribution in [0.3, 0.4) is 0 Å². The Morgan fingerprint density at radius 3 is 2.65 bits per heavy atom. The highest BCUT2D eigenvalue weighted by Crippen LogP contribution is 2.42. The average molecular weight is 321 g/mol. The molecule has 1 saturated heterocycles. The summed E-state index contributed by atoms with van der Waals surface area (Å²) >= 11 is 0. The second-order valence-corrected chi connectivity index (χ2v) is 7.74. The maximum atomic E-state index is 12.2. The molecule has 23 heavy (non-hydrogen) atoms. The summed E-state index contributed by atoms with van der Waals surface area (Å²) in [7, 11) is 0. The third-order valence-electron chi connectivity index (χ3n) is 4.65. The number of likely N-dealkylation sites (tertiary alicyclic amines) is 1. The number of carbonyl (C=O) groups is 1. The van der Waals surface area contributed by atoms with Gasteiger partial charge < -0.3 is 14.4 Å². The van der Waals surface area contributed by atoms with E-state index in [4.69, 9.17) is 9.47 Å². The SMILES string of the molecule is Cc1cnn2c1C1(CCN(C(=O)OC(C)(C)C)CC1)OC[C@H]2C. The Hall–Kier alpha value is -1.56. The van der Waals surface area contributed by atoms with Crippen LogP contribution in [0, 0.1) is 6.92 Å². The molecule has 1 atom stereocenters. The van der Waals surface area contributed by atoms with E-state index in [2.05, 4.69) is 23.6 Å². The number of amides is 1. The first kappa shape index (κ1) is 16.3. The number of nitrogens with zero attached hydrogens (tertiary/aromatic N) is 3. The number of ether oxygens (including phenoxy) is 2. The van der Waals surface area contributed by atoms with Crippen molar-refractivity contribution in [1.82, 2.24) is 14.7 Å². The van der Waals surface area contributed by atoms with Crippen LogP contribution in [0.1, 0.15) is 57.8 Å². The molecule has 3 heterocycles. The van der Waals surface area contributed by atoms with Crippen molar-refractivity contribution < 1.29 is 14.3 Å². The van der Waals surface area contributed by atoms with Crippen LogP contribution in [0.5, 0.6) is 0 Å². The standard InChI is InChI=1S/C17H27N3O3/c1-12-10-18-20-13(2)11-22-17(14(12)20)6-8-19(9-7-17)15(21)23-16(3,4)5/h10,13H,6-9,11H2,1-5H3/t13-/m1/s1. The van der Waals surface area contributed by atoms with Gasteiger partial charge in [0.25, 0.3) is 0 Å². The van der Waals surface area contributed by atoms with E-state index < -0.39 is 5.60 Å². The first-order valence-corrected chi connectivity index (χ1v) is 8.38. The Labute approximate surface area is 137 Å². The fraction of sp³-hybridized carbons (Fsp3) is 0.765. The molecule has 128 valence electrons. The molecule has 2 aliphatic rings. The highest BCUT2D eigenvalue weighted by atomic mass is 16.6. The molecule has 3 rings (SSSR count). The number of rotatable bonds is 0. The molecule has 1 aromatic rings. The van der Waals surface area contributed by atoms with E-state index in [0.29, 0.717) is 19.7 Å². The van der Waals surface area contributed by atoms with Crippen molar-refractivity contribution >= 4 is 6.09 Å². The van der Waals surface area contributed by atoms with Gasteiger partial charge in [0.15, 0.2) is 0 Å². The molecule has 0 N–H and O–H groups in total. The van der Waals surface area contributed by atoms with Crippen LogP contribution >= 0.6 is 0 Å². The van der Waals surface area contributed by atoms with Crippen molar-refractivity contribution in [2.45, 2.75) is 64.7 Å². The molecular weight excluding hydrogens is 294 g/mol. The van der Waals surface area contributed by atoms with Gasteiger partial charge >= 0.3 is 6.09 Å². The average Bonchev–Trinajstić information content (AvgIpc) is 2.86. The molecule has 6 nitrogen and oxygen atoms in total. The monoisotopic (exact) mass is 321 g/mol. The predicted molar refractivity (Wildman–Crippen MR) is 86.3 cm³/mol. The Morgan fingerprint density at radius 2 is 2.04 bits per heavy atom. The van der Waals surface area contributed by atoms with E-state index in [0.717, 1.165) is 12.8 Å². The lowest BCUT2D eigenvalue weighted by Crippen LogP contribution is -2.51. The molecule has 0 aliphatic carbocycles. The summed E-state index contributed by atoms with van der Waals surface area (Å²) in [5, 5.41) is 4.52. The lowest BCUT2D eigenvalue weighted by atomic mass is 9.85. The zero-order valence-electron chi connectivity index (χ0n) is 14.8. The van der Waals surface area contributed by atoms with Gasteiger partial charge in [0.1, 0.15) is 11.2 Å². The zero-order valence-corrected chi connectivity index (χ0v) is 14.8.